The van der Waals surface area contributed by atoms with Crippen LogP contribution in [0.5, 0.6) is 5.75 Å². The highest BCUT2D eigenvalue weighted by atomic mass is 79.9. The number of rotatable bonds is 7. The quantitative estimate of drug-likeness (QED) is 0.728. The molecule has 0 unspecified atom stereocenters. The van der Waals surface area contributed by atoms with E-state index in [2.05, 4.69) is 26.0 Å². The zero-order valence-corrected chi connectivity index (χ0v) is 13.1. The lowest BCUT2D eigenvalue weighted by molar-refractivity contribution is 0.400. The maximum Gasteiger partial charge on any atom is 0.244 e. The normalized spacial score (nSPS) is 11.6. The molecule has 1 aromatic carbocycles. The summed E-state index contributed by atoms with van der Waals surface area (Å²) in [5.41, 5.74) is 0. The Labute approximate surface area is 120 Å². The fraction of sp³-hybridized carbons (Fsp3) is 0.455. The van der Waals surface area contributed by atoms with E-state index >= 15 is 0 Å². The van der Waals surface area contributed by atoms with Gasteiger partial charge in [-0.3, -0.25) is 0 Å². The van der Waals surface area contributed by atoms with Crippen LogP contribution in [0.4, 0.5) is 4.39 Å². The topological polar surface area (TPSA) is 67.4 Å². The first-order valence-electron chi connectivity index (χ1n) is 5.59. The second kappa shape index (κ2) is 7.18. The highest BCUT2D eigenvalue weighted by Gasteiger charge is 2.21. The summed E-state index contributed by atoms with van der Waals surface area (Å²) in [5.74, 6) is -0.564. The Hall–Kier alpha value is -0.700. The van der Waals surface area contributed by atoms with Crippen molar-refractivity contribution in [2.45, 2.75) is 11.3 Å². The van der Waals surface area contributed by atoms with Crippen molar-refractivity contribution < 1.29 is 17.5 Å². The SMILES string of the molecule is CNCCCNS(=O)(=O)c1cc(F)c(Br)cc1OC. The minimum Gasteiger partial charge on any atom is -0.495 e. The number of hydrogen-bond donors (Lipinski definition) is 2. The molecule has 0 saturated carbocycles. The van der Waals surface area contributed by atoms with Crippen molar-refractivity contribution in [2.24, 2.45) is 0 Å². The van der Waals surface area contributed by atoms with Gasteiger partial charge in [-0.1, -0.05) is 0 Å². The molecule has 5 nitrogen and oxygen atoms in total. The lowest BCUT2D eigenvalue weighted by atomic mass is 10.3. The number of sulfonamides is 1. The molecule has 0 amide bonds. The first-order valence-corrected chi connectivity index (χ1v) is 7.87. The molecule has 0 aliphatic rings. The van der Waals surface area contributed by atoms with Gasteiger partial charge in [-0.2, -0.15) is 0 Å². The Morgan fingerprint density at radius 1 is 1.37 bits per heavy atom. The molecule has 0 aliphatic heterocycles. The van der Waals surface area contributed by atoms with Crippen LogP contribution < -0.4 is 14.8 Å². The van der Waals surface area contributed by atoms with Crippen LogP contribution in [0.15, 0.2) is 21.5 Å². The lowest BCUT2D eigenvalue weighted by Gasteiger charge is -2.11. The second-order valence-corrected chi connectivity index (χ2v) is 6.36. The maximum atomic E-state index is 13.5. The zero-order valence-electron chi connectivity index (χ0n) is 10.7. The minimum atomic E-state index is -3.79. The molecular weight excluding hydrogens is 339 g/mol. The summed E-state index contributed by atoms with van der Waals surface area (Å²) in [6, 6.07) is 2.22. The van der Waals surface area contributed by atoms with Crippen LogP contribution >= 0.6 is 15.9 Å². The number of nitrogens with one attached hydrogen (secondary N) is 2. The van der Waals surface area contributed by atoms with Gasteiger partial charge < -0.3 is 10.1 Å². The molecule has 1 rings (SSSR count). The Morgan fingerprint density at radius 3 is 2.63 bits per heavy atom. The third-order valence-corrected chi connectivity index (χ3v) is 4.48. The van der Waals surface area contributed by atoms with Crippen molar-refractivity contribution in [3.05, 3.63) is 22.4 Å². The van der Waals surface area contributed by atoms with Gasteiger partial charge in [0.25, 0.3) is 0 Å². The van der Waals surface area contributed by atoms with Crippen LogP contribution in [0.3, 0.4) is 0 Å². The van der Waals surface area contributed by atoms with E-state index in [0.717, 1.165) is 6.07 Å². The highest BCUT2D eigenvalue weighted by molar-refractivity contribution is 9.10. The molecular formula is C11H16BrFN2O3S. The van der Waals surface area contributed by atoms with E-state index in [1.54, 1.807) is 7.05 Å². The summed E-state index contributed by atoms with van der Waals surface area (Å²) in [6.45, 7) is 0.957. The summed E-state index contributed by atoms with van der Waals surface area (Å²) in [6.07, 6.45) is 0.636. The van der Waals surface area contributed by atoms with Gasteiger partial charge in [-0.25, -0.2) is 17.5 Å². The van der Waals surface area contributed by atoms with Crippen molar-refractivity contribution in [1.82, 2.24) is 10.0 Å². The molecule has 0 radical (unpaired) electrons. The van der Waals surface area contributed by atoms with Crippen molar-refractivity contribution in [3.8, 4) is 5.75 Å². The largest absolute Gasteiger partial charge is 0.495 e. The van der Waals surface area contributed by atoms with Crippen LogP contribution in [-0.4, -0.2) is 35.7 Å². The third-order valence-electron chi connectivity index (χ3n) is 2.39. The first-order chi connectivity index (χ1) is 8.92. The fourth-order valence-electron chi connectivity index (χ4n) is 1.43. The Bertz CT molecular complexity index is 537. The van der Waals surface area contributed by atoms with Gasteiger partial charge in [0.05, 0.1) is 11.6 Å². The molecule has 19 heavy (non-hydrogen) atoms. The molecule has 1 aromatic rings. The fourth-order valence-corrected chi connectivity index (χ4v) is 2.99. The molecule has 0 atom stereocenters. The van der Waals surface area contributed by atoms with E-state index in [1.165, 1.54) is 13.2 Å². The Balaban J connectivity index is 2.97. The summed E-state index contributed by atoms with van der Waals surface area (Å²) < 4.78 is 45.1. The second-order valence-electron chi connectivity index (χ2n) is 3.77. The van der Waals surface area contributed by atoms with Gasteiger partial charge in [0.15, 0.2) is 0 Å². The van der Waals surface area contributed by atoms with Gasteiger partial charge in [0.1, 0.15) is 16.5 Å². The molecule has 2 N–H and O–H groups in total. The number of halogens is 2. The summed E-state index contributed by atoms with van der Waals surface area (Å²) in [4.78, 5) is -0.208. The molecule has 8 heteroatoms. The monoisotopic (exact) mass is 354 g/mol. The van der Waals surface area contributed by atoms with Gasteiger partial charge in [-0.15, -0.1) is 0 Å². The molecule has 108 valence electrons. The number of benzene rings is 1. The average molecular weight is 355 g/mol. The average Bonchev–Trinajstić information content (AvgIpc) is 2.37. The zero-order chi connectivity index (χ0) is 14.5. The third kappa shape index (κ3) is 4.41. The van der Waals surface area contributed by atoms with Gasteiger partial charge in [0, 0.05) is 6.54 Å². The summed E-state index contributed by atoms with van der Waals surface area (Å²) in [7, 11) is -0.674. The summed E-state index contributed by atoms with van der Waals surface area (Å²) >= 11 is 2.98. The van der Waals surface area contributed by atoms with E-state index in [9.17, 15) is 12.8 Å². The van der Waals surface area contributed by atoms with Crippen molar-refractivity contribution >= 4 is 26.0 Å². The van der Waals surface area contributed by atoms with E-state index in [0.29, 0.717) is 13.0 Å². The van der Waals surface area contributed by atoms with Crippen LogP contribution in [-0.2, 0) is 10.0 Å². The van der Waals surface area contributed by atoms with E-state index in [1.807, 2.05) is 0 Å². The van der Waals surface area contributed by atoms with Crippen LogP contribution in [0.25, 0.3) is 0 Å². The smallest absolute Gasteiger partial charge is 0.244 e. The van der Waals surface area contributed by atoms with Crippen molar-refractivity contribution in [1.29, 1.82) is 0 Å². The molecule has 0 aliphatic carbocycles. The Kier molecular flexibility index (Phi) is 6.18. The predicted molar refractivity (Wildman–Crippen MR) is 74.4 cm³/mol. The highest BCUT2D eigenvalue weighted by Crippen LogP contribution is 2.29. The van der Waals surface area contributed by atoms with E-state index in [-0.39, 0.29) is 21.7 Å². The number of ether oxygens (including phenoxy) is 1. The Morgan fingerprint density at radius 2 is 2.05 bits per heavy atom. The van der Waals surface area contributed by atoms with Crippen molar-refractivity contribution in [3.63, 3.8) is 0 Å². The van der Waals surface area contributed by atoms with E-state index in [4.69, 9.17) is 4.74 Å². The van der Waals surface area contributed by atoms with Crippen LogP contribution in [0.1, 0.15) is 6.42 Å². The van der Waals surface area contributed by atoms with Crippen molar-refractivity contribution in [2.75, 3.05) is 27.2 Å². The number of hydrogen-bond acceptors (Lipinski definition) is 4. The van der Waals surface area contributed by atoms with Crippen LogP contribution in [0.2, 0.25) is 0 Å². The molecule has 0 heterocycles. The molecule has 0 spiro atoms. The molecule has 0 aromatic heterocycles. The summed E-state index contributed by atoms with van der Waals surface area (Å²) in [5, 5.41) is 2.91. The van der Waals surface area contributed by atoms with Gasteiger partial charge in [0.2, 0.25) is 10.0 Å². The predicted octanol–water partition coefficient (Wildman–Crippen LogP) is 1.48. The lowest BCUT2D eigenvalue weighted by Crippen LogP contribution is -2.27. The standard InChI is InChI=1S/C11H16BrFN2O3S/c1-14-4-3-5-15-19(16,17)11-7-9(13)8(12)6-10(11)18-2/h6-7,14-15H,3-5H2,1-2H3. The first kappa shape index (κ1) is 16.4. The van der Waals surface area contributed by atoms with Gasteiger partial charge in [-0.05, 0) is 48.1 Å². The molecule has 0 bridgehead atoms. The number of methoxy groups -OCH3 is 1. The van der Waals surface area contributed by atoms with Gasteiger partial charge >= 0.3 is 0 Å². The molecule has 0 fully saturated rings. The maximum absolute atomic E-state index is 13.5. The van der Waals surface area contributed by atoms with E-state index < -0.39 is 15.8 Å². The molecule has 0 saturated heterocycles. The van der Waals surface area contributed by atoms with Crippen LogP contribution in [0, 0.1) is 5.82 Å². The minimum absolute atomic E-state index is 0.0920.